The molecule has 0 bridgehead atoms. The summed E-state index contributed by atoms with van der Waals surface area (Å²) >= 11 is 0. The minimum absolute atomic E-state index is 0.0797. The molecule has 1 heterocycles. The number of carboxylic acids is 1. The number of unbranched alkanes of at least 4 members (excludes halogenated alkanes) is 1. The molecule has 3 N–H and O–H groups in total. The zero-order chi connectivity index (χ0) is 21.2. The van der Waals surface area contributed by atoms with Gasteiger partial charge in [-0.2, -0.15) is 5.90 Å². The van der Waals surface area contributed by atoms with Crippen LogP contribution >= 0.6 is 0 Å². The molecule has 6 heteroatoms. The normalized spacial score (nSPS) is 16.7. The van der Waals surface area contributed by atoms with E-state index in [2.05, 4.69) is 33.8 Å². The maximum atomic E-state index is 10.9. The van der Waals surface area contributed by atoms with E-state index in [9.17, 15) is 4.79 Å². The molecular weight excluding hydrogens is 378 g/mol. The number of nitrogens with zero attached hydrogens (tertiary/aromatic N) is 2. The molecule has 0 amide bonds. The van der Waals surface area contributed by atoms with Gasteiger partial charge >= 0.3 is 5.97 Å². The quantitative estimate of drug-likeness (QED) is 0.307. The predicted octanol–water partition coefficient (Wildman–Crippen LogP) is 5.04. The first kappa shape index (κ1) is 22.1. The van der Waals surface area contributed by atoms with Gasteiger partial charge in [-0.15, -0.1) is 0 Å². The summed E-state index contributed by atoms with van der Waals surface area (Å²) in [6.45, 7) is 0. The molecule has 1 aromatic heterocycles. The molecular formula is C24H33N3O3. The summed E-state index contributed by atoms with van der Waals surface area (Å²) < 4.78 is 2.16. The third kappa shape index (κ3) is 6.20. The molecule has 0 saturated heterocycles. The lowest BCUT2D eigenvalue weighted by molar-refractivity contribution is -0.137. The molecule has 3 rings (SSSR count). The Morgan fingerprint density at radius 3 is 2.53 bits per heavy atom. The van der Waals surface area contributed by atoms with Crippen LogP contribution in [0.1, 0.15) is 69.4 Å². The van der Waals surface area contributed by atoms with Crippen LogP contribution in [0.5, 0.6) is 0 Å². The maximum Gasteiger partial charge on any atom is 0.303 e. The number of rotatable bonds is 11. The van der Waals surface area contributed by atoms with E-state index in [4.69, 9.17) is 15.8 Å². The van der Waals surface area contributed by atoms with Crippen LogP contribution in [-0.4, -0.2) is 20.6 Å². The topological polar surface area (TPSA) is 90.4 Å². The highest BCUT2D eigenvalue weighted by Gasteiger charge is 2.30. The molecule has 1 aliphatic rings. The number of hydrogen-bond donors (Lipinski definition) is 2. The van der Waals surface area contributed by atoms with Crippen molar-refractivity contribution in [2.45, 2.75) is 70.3 Å². The molecule has 1 fully saturated rings. The fraction of sp³-hybridized carbons (Fsp3) is 0.500. The number of hydrogen-bond acceptors (Lipinski definition) is 4. The first-order valence-electron chi connectivity index (χ1n) is 11.0. The van der Waals surface area contributed by atoms with Gasteiger partial charge in [0.25, 0.3) is 0 Å². The summed E-state index contributed by atoms with van der Waals surface area (Å²) in [6, 6.07) is 10.5. The Morgan fingerprint density at radius 1 is 1.17 bits per heavy atom. The van der Waals surface area contributed by atoms with Crippen LogP contribution < -0.4 is 5.90 Å². The van der Waals surface area contributed by atoms with Crippen LogP contribution in [0.2, 0.25) is 0 Å². The maximum absolute atomic E-state index is 10.9. The minimum Gasteiger partial charge on any atom is -0.481 e. The zero-order valence-electron chi connectivity index (χ0n) is 17.6. The number of carboxylic acid groups (broad SMARTS) is 1. The highest BCUT2D eigenvalue weighted by molar-refractivity contribution is 5.66. The van der Waals surface area contributed by atoms with Gasteiger partial charge in [0, 0.05) is 25.2 Å². The molecule has 2 aromatic rings. The number of carbonyl (C=O) groups is 1. The van der Waals surface area contributed by atoms with E-state index in [-0.39, 0.29) is 12.5 Å². The standard InChI is InChI=1S/C24H33N3O3/c25-30-22(13-7-8-14-23(28)29)24(20-11-5-2-6-12-20)21(27-16-15-26-18-27)17-19-9-3-1-4-10-19/h1,3-4,9-10,15-16,18,20-21H,2,5-8,11-14,17,25H2,(H,28,29)/b24-22+. The molecule has 162 valence electrons. The van der Waals surface area contributed by atoms with Crippen molar-refractivity contribution in [3.05, 3.63) is 65.9 Å². The van der Waals surface area contributed by atoms with Crippen LogP contribution in [0.25, 0.3) is 0 Å². The summed E-state index contributed by atoms with van der Waals surface area (Å²) in [5.41, 5.74) is 2.51. The molecule has 1 unspecified atom stereocenters. The summed E-state index contributed by atoms with van der Waals surface area (Å²) in [6.07, 6.45) is 14.7. The third-order valence-electron chi connectivity index (χ3n) is 6.07. The predicted molar refractivity (Wildman–Crippen MR) is 116 cm³/mol. The van der Waals surface area contributed by atoms with Gasteiger partial charge < -0.3 is 14.5 Å². The van der Waals surface area contributed by atoms with Crippen molar-refractivity contribution in [3.63, 3.8) is 0 Å². The minimum atomic E-state index is -0.762. The van der Waals surface area contributed by atoms with Crippen LogP contribution in [0, 0.1) is 5.92 Å². The molecule has 30 heavy (non-hydrogen) atoms. The molecule has 1 atom stereocenters. The molecule has 1 aromatic carbocycles. The van der Waals surface area contributed by atoms with E-state index >= 15 is 0 Å². The molecule has 1 aliphatic carbocycles. The average molecular weight is 412 g/mol. The first-order valence-corrected chi connectivity index (χ1v) is 11.0. The van der Waals surface area contributed by atoms with Gasteiger partial charge in [-0.3, -0.25) is 4.79 Å². The van der Waals surface area contributed by atoms with Crippen molar-refractivity contribution in [2.24, 2.45) is 11.8 Å². The Morgan fingerprint density at radius 2 is 1.90 bits per heavy atom. The Hall–Kier alpha value is -2.60. The highest BCUT2D eigenvalue weighted by atomic mass is 16.6. The van der Waals surface area contributed by atoms with E-state index in [1.54, 1.807) is 0 Å². The van der Waals surface area contributed by atoms with Crippen molar-refractivity contribution in [1.29, 1.82) is 0 Å². The van der Waals surface area contributed by atoms with Gasteiger partial charge in [-0.05, 0) is 49.2 Å². The van der Waals surface area contributed by atoms with E-state index in [1.165, 1.54) is 30.4 Å². The Balaban J connectivity index is 1.94. The highest BCUT2D eigenvalue weighted by Crippen LogP contribution is 2.40. The number of aliphatic carboxylic acids is 1. The van der Waals surface area contributed by atoms with Gasteiger partial charge in [-0.25, -0.2) is 4.98 Å². The van der Waals surface area contributed by atoms with Crippen molar-refractivity contribution in [1.82, 2.24) is 9.55 Å². The zero-order valence-corrected chi connectivity index (χ0v) is 17.6. The van der Waals surface area contributed by atoms with Gasteiger partial charge in [0.15, 0.2) is 0 Å². The average Bonchev–Trinajstić information content (AvgIpc) is 3.31. The number of imidazole rings is 1. The fourth-order valence-electron chi connectivity index (χ4n) is 4.60. The van der Waals surface area contributed by atoms with Crippen molar-refractivity contribution < 1.29 is 14.7 Å². The van der Waals surface area contributed by atoms with Gasteiger partial charge in [-0.1, -0.05) is 49.6 Å². The summed E-state index contributed by atoms with van der Waals surface area (Å²) in [5, 5.41) is 8.95. The first-order chi connectivity index (χ1) is 14.7. The molecule has 1 saturated carbocycles. The van der Waals surface area contributed by atoms with Crippen molar-refractivity contribution in [3.8, 4) is 0 Å². The Bertz CT molecular complexity index is 796. The summed E-state index contributed by atoms with van der Waals surface area (Å²) in [4.78, 5) is 20.7. The third-order valence-corrected chi connectivity index (χ3v) is 6.07. The second kappa shape index (κ2) is 11.6. The van der Waals surface area contributed by atoms with Crippen LogP contribution in [0.4, 0.5) is 0 Å². The summed E-state index contributed by atoms with van der Waals surface area (Å²) in [5.74, 6) is 6.29. The number of nitrogens with two attached hydrogens (primary N) is 1. The van der Waals surface area contributed by atoms with Gasteiger partial charge in [0.2, 0.25) is 0 Å². The fourth-order valence-corrected chi connectivity index (χ4v) is 4.60. The monoisotopic (exact) mass is 411 g/mol. The van der Waals surface area contributed by atoms with Crippen molar-refractivity contribution >= 4 is 5.97 Å². The molecule has 6 nitrogen and oxygen atoms in total. The largest absolute Gasteiger partial charge is 0.481 e. The van der Waals surface area contributed by atoms with E-state index in [0.29, 0.717) is 18.8 Å². The number of benzene rings is 1. The SMILES string of the molecule is NO/C(CCCCC(=O)O)=C(\C1CCCCC1)C(Cc1ccccc1)n1ccnc1. The van der Waals surface area contributed by atoms with Crippen molar-refractivity contribution in [2.75, 3.05) is 0 Å². The number of aromatic nitrogens is 2. The van der Waals surface area contributed by atoms with Crippen LogP contribution in [0.3, 0.4) is 0 Å². The second-order valence-corrected chi connectivity index (χ2v) is 8.15. The lowest BCUT2D eigenvalue weighted by Crippen LogP contribution is -2.24. The van der Waals surface area contributed by atoms with E-state index < -0.39 is 5.97 Å². The van der Waals surface area contributed by atoms with Crippen LogP contribution in [0.15, 0.2) is 60.4 Å². The van der Waals surface area contributed by atoms with Gasteiger partial charge in [0.1, 0.15) is 5.76 Å². The number of allylic oxidation sites excluding steroid dienone is 2. The lowest BCUT2D eigenvalue weighted by atomic mass is 9.78. The van der Waals surface area contributed by atoms with E-state index in [0.717, 1.165) is 31.4 Å². The van der Waals surface area contributed by atoms with Crippen LogP contribution in [-0.2, 0) is 16.1 Å². The molecule has 0 aliphatic heterocycles. The molecule has 0 radical (unpaired) electrons. The molecule has 0 spiro atoms. The Labute approximate surface area is 178 Å². The summed E-state index contributed by atoms with van der Waals surface area (Å²) in [7, 11) is 0. The smallest absolute Gasteiger partial charge is 0.303 e. The van der Waals surface area contributed by atoms with E-state index in [1.807, 2.05) is 24.8 Å². The Kier molecular flexibility index (Phi) is 8.51. The lowest BCUT2D eigenvalue weighted by Gasteiger charge is -2.32. The van der Waals surface area contributed by atoms with Gasteiger partial charge in [0.05, 0.1) is 12.4 Å². The second-order valence-electron chi connectivity index (χ2n) is 8.15.